The van der Waals surface area contributed by atoms with E-state index in [2.05, 4.69) is 13.8 Å². The predicted octanol–water partition coefficient (Wildman–Crippen LogP) is 6.97. The fraction of sp³-hybridized carbons (Fsp3) is 0.923. The Balaban J connectivity index is 4.23. The van der Waals surface area contributed by atoms with Crippen LogP contribution in [0.15, 0.2) is 0 Å². The Kier molecular flexibility index (Phi) is 20.6. The summed E-state index contributed by atoms with van der Waals surface area (Å²) in [6.45, 7) is 8.87. The fourth-order valence-electron chi connectivity index (χ4n) is 3.50. The Hall–Kier alpha value is -1.18. The van der Waals surface area contributed by atoms with Gasteiger partial charge in [-0.3, -0.25) is 14.3 Å². The van der Waals surface area contributed by atoms with Gasteiger partial charge < -0.3 is 19.3 Å². The quantitative estimate of drug-likeness (QED) is 0.0917. The lowest BCUT2D eigenvalue weighted by molar-refractivity contribution is -0.403. The van der Waals surface area contributed by atoms with Crippen LogP contribution >= 0.6 is 0 Å². The number of ether oxygens (including phenoxy) is 4. The predicted molar refractivity (Wildman–Crippen MR) is 130 cm³/mol. The minimum atomic E-state index is -1.23. The molecule has 0 aromatic heterocycles. The summed E-state index contributed by atoms with van der Waals surface area (Å²) in [6.07, 6.45) is 13.9. The molecule has 0 aliphatic heterocycles. The number of unbranched alkanes of at least 4 members (excludes halogenated alkanes) is 11. The first kappa shape index (κ1) is 31.8. The molecule has 0 saturated heterocycles. The van der Waals surface area contributed by atoms with E-state index in [4.69, 9.17) is 24.1 Å². The molecule has 0 spiro atoms. The highest BCUT2D eigenvalue weighted by molar-refractivity contribution is 5.69. The first-order valence-corrected chi connectivity index (χ1v) is 13.2. The summed E-state index contributed by atoms with van der Waals surface area (Å²) in [6, 6.07) is 0. The lowest BCUT2D eigenvalue weighted by Crippen LogP contribution is -2.40. The third-order valence-electron chi connectivity index (χ3n) is 5.42. The van der Waals surface area contributed by atoms with Crippen LogP contribution in [0, 0.1) is 0 Å². The van der Waals surface area contributed by atoms with Gasteiger partial charge in [0.1, 0.15) is 0 Å². The average molecular weight is 475 g/mol. The van der Waals surface area contributed by atoms with Crippen molar-refractivity contribution in [2.45, 2.75) is 143 Å². The van der Waals surface area contributed by atoms with Crippen molar-refractivity contribution in [3.05, 3.63) is 0 Å². The third kappa shape index (κ3) is 21.1. The van der Waals surface area contributed by atoms with Crippen LogP contribution in [0.25, 0.3) is 0 Å². The van der Waals surface area contributed by atoms with Crippen molar-refractivity contribution in [3.8, 4) is 0 Å². The smallest absolute Gasteiger partial charge is 0.308 e. The van der Waals surface area contributed by atoms with E-state index in [1.54, 1.807) is 13.8 Å². The van der Waals surface area contributed by atoms with Gasteiger partial charge in [0, 0.05) is 19.8 Å². The molecular weight excluding hydrogens is 424 g/mol. The Morgan fingerprint density at radius 2 is 1.18 bits per heavy atom. The molecule has 0 aromatic carbocycles. The van der Waals surface area contributed by atoms with Crippen molar-refractivity contribution in [2.75, 3.05) is 13.2 Å². The Morgan fingerprint density at radius 1 is 0.727 bits per heavy atom. The summed E-state index contributed by atoms with van der Waals surface area (Å²) in [7, 11) is 0. The highest BCUT2D eigenvalue weighted by Crippen LogP contribution is 2.20. The molecule has 0 aliphatic carbocycles. The van der Waals surface area contributed by atoms with Crippen LogP contribution in [0.4, 0.5) is 0 Å². The Labute approximate surface area is 201 Å². The maximum absolute atomic E-state index is 12.2. The van der Waals surface area contributed by atoms with E-state index in [0.717, 1.165) is 57.8 Å². The van der Waals surface area contributed by atoms with Crippen LogP contribution in [0.5, 0.6) is 0 Å². The number of esters is 1. The number of carboxylic acid groups (broad SMARTS) is 1. The summed E-state index contributed by atoms with van der Waals surface area (Å²) in [5.41, 5.74) is 0. The highest BCUT2D eigenvalue weighted by atomic mass is 16.9. The second-order valence-corrected chi connectivity index (χ2v) is 8.87. The van der Waals surface area contributed by atoms with E-state index in [1.807, 2.05) is 0 Å². The number of carboxylic acids is 1. The van der Waals surface area contributed by atoms with E-state index in [-0.39, 0.29) is 12.4 Å². The van der Waals surface area contributed by atoms with Gasteiger partial charge in [-0.2, -0.15) is 0 Å². The Morgan fingerprint density at radius 3 is 1.67 bits per heavy atom. The van der Waals surface area contributed by atoms with Crippen molar-refractivity contribution in [1.82, 2.24) is 0 Å². The van der Waals surface area contributed by atoms with Crippen LogP contribution in [0.1, 0.15) is 130 Å². The van der Waals surface area contributed by atoms with Crippen LogP contribution in [-0.2, 0) is 28.5 Å². The molecule has 0 fully saturated rings. The van der Waals surface area contributed by atoms with Crippen LogP contribution in [0.2, 0.25) is 0 Å². The fourth-order valence-corrected chi connectivity index (χ4v) is 3.50. The summed E-state index contributed by atoms with van der Waals surface area (Å²) < 4.78 is 23.1. The first-order valence-electron chi connectivity index (χ1n) is 13.2. The molecular formula is C26H50O7. The molecule has 0 radical (unpaired) electrons. The number of carbonyl (C=O) groups excluding carboxylic acids is 1. The van der Waals surface area contributed by atoms with Gasteiger partial charge in [-0.05, 0) is 32.6 Å². The molecule has 0 bridgehead atoms. The summed E-state index contributed by atoms with van der Waals surface area (Å²) in [5.74, 6) is -2.26. The lowest BCUT2D eigenvalue weighted by atomic mass is 10.1. The second-order valence-electron chi connectivity index (χ2n) is 8.87. The first-order chi connectivity index (χ1) is 15.8. The van der Waals surface area contributed by atoms with Crippen LogP contribution in [-0.4, -0.2) is 42.5 Å². The number of hydrogen-bond acceptors (Lipinski definition) is 6. The van der Waals surface area contributed by atoms with Crippen LogP contribution in [0.3, 0.4) is 0 Å². The largest absolute Gasteiger partial charge is 0.481 e. The second kappa shape index (κ2) is 21.4. The Bertz CT molecular complexity index is 467. The number of carbonyl (C=O) groups is 2. The standard InChI is InChI=1S/C26H50O7/c1-5-7-9-17-21-30-26(4,31-22-18-10-8-6-2)33-23(3)32-25(29)20-16-14-12-11-13-15-19-24(27)28/h23H,5-22H2,1-4H3,(H,27,28). The molecule has 7 nitrogen and oxygen atoms in total. The van der Waals surface area contributed by atoms with E-state index in [9.17, 15) is 9.59 Å². The maximum atomic E-state index is 12.2. The SMILES string of the molecule is CCCCCCOC(C)(OCCCCCC)OC(C)OC(=O)CCCCCCCCC(=O)O. The number of rotatable bonds is 24. The van der Waals surface area contributed by atoms with Crippen molar-refractivity contribution >= 4 is 11.9 Å². The van der Waals surface area contributed by atoms with Crippen molar-refractivity contribution in [2.24, 2.45) is 0 Å². The maximum Gasteiger partial charge on any atom is 0.308 e. The molecule has 1 atom stereocenters. The normalized spacial score (nSPS) is 12.6. The van der Waals surface area contributed by atoms with Gasteiger partial charge >= 0.3 is 11.9 Å². The van der Waals surface area contributed by atoms with E-state index >= 15 is 0 Å². The monoisotopic (exact) mass is 474 g/mol. The summed E-state index contributed by atoms with van der Waals surface area (Å²) >= 11 is 0. The van der Waals surface area contributed by atoms with Gasteiger partial charge in [-0.25, -0.2) is 0 Å². The molecule has 1 unspecified atom stereocenters. The van der Waals surface area contributed by atoms with Gasteiger partial charge in [-0.15, -0.1) is 0 Å². The van der Waals surface area contributed by atoms with Crippen LogP contribution < -0.4 is 0 Å². The van der Waals surface area contributed by atoms with Crippen molar-refractivity contribution in [3.63, 3.8) is 0 Å². The molecule has 1 N–H and O–H groups in total. The van der Waals surface area contributed by atoms with E-state index < -0.39 is 18.2 Å². The summed E-state index contributed by atoms with van der Waals surface area (Å²) in [4.78, 5) is 22.7. The van der Waals surface area contributed by atoms with E-state index in [0.29, 0.717) is 26.1 Å². The third-order valence-corrected chi connectivity index (χ3v) is 5.42. The highest BCUT2D eigenvalue weighted by Gasteiger charge is 2.31. The topological polar surface area (TPSA) is 91.3 Å². The molecule has 0 amide bonds. The zero-order valence-corrected chi connectivity index (χ0v) is 21.7. The van der Waals surface area contributed by atoms with Gasteiger partial charge in [0.05, 0.1) is 13.2 Å². The van der Waals surface area contributed by atoms with Gasteiger partial charge in [0.2, 0.25) is 6.29 Å². The zero-order chi connectivity index (χ0) is 24.8. The molecule has 7 heteroatoms. The van der Waals surface area contributed by atoms with Gasteiger partial charge in [-0.1, -0.05) is 78.1 Å². The van der Waals surface area contributed by atoms with E-state index in [1.165, 1.54) is 25.7 Å². The average Bonchev–Trinajstić information content (AvgIpc) is 2.75. The molecule has 0 rings (SSSR count). The van der Waals surface area contributed by atoms with Crippen molar-refractivity contribution < 1.29 is 33.6 Å². The number of aliphatic carboxylic acids is 1. The van der Waals surface area contributed by atoms with Crippen molar-refractivity contribution in [1.29, 1.82) is 0 Å². The molecule has 196 valence electrons. The summed E-state index contributed by atoms with van der Waals surface area (Å²) in [5, 5.41) is 8.63. The van der Waals surface area contributed by atoms with Gasteiger partial charge in [0.25, 0.3) is 5.97 Å². The molecule has 0 aliphatic rings. The van der Waals surface area contributed by atoms with Gasteiger partial charge in [0.15, 0.2) is 0 Å². The zero-order valence-electron chi connectivity index (χ0n) is 21.7. The number of hydrogen-bond donors (Lipinski definition) is 1. The minimum Gasteiger partial charge on any atom is -0.481 e. The lowest BCUT2D eigenvalue weighted by Gasteiger charge is -2.32. The minimum absolute atomic E-state index is 0.230. The molecule has 0 saturated carbocycles. The molecule has 0 heterocycles. The molecule has 33 heavy (non-hydrogen) atoms. The molecule has 0 aromatic rings.